The Bertz CT molecular complexity index is 1320. The first-order chi connectivity index (χ1) is 20.0. The zero-order valence-electron chi connectivity index (χ0n) is 23.5. The third-order valence-electron chi connectivity index (χ3n) is 8.92. The number of nitriles is 1. The molecule has 1 unspecified atom stereocenters. The van der Waals surface area contributed by atoms with E-state index in [1.807, 2.05) is 12.3 Å². The van der Waals surface area contributed by atoms with Crippen LogP contribution in [0.15, 0.2) is 17.1 Å². The molecule has 1 aliphatic carbocycles. The van der Waals surface area contributed by atoms with Gasteiger partial charge in [0.05, 0.1) is 13.8 Å². The van der Waals surface area contributed by atoms with Crippen LogP contribution in [-0.2, 0) is 6.42 Å². The van der Waals surface area contributed by atoms with Crippen molar-refractivity contribution in [1.29, 1.82) is 10.7 Å². The number of fused-ring (bicyclic) bond motifs is 1. The second-order valence-corrected chi connectivity index (χ2v) is 14.3. The lowest BCUT2D eigenvalue weighted by Crippen LogP contribution is -2.51. The lowest BCUT2D eigenvalue weighted by atomic mass is 9.86. The van der Waals surface area contributed by atoms with Crippen molar-refractivity contribution in [3.05, 3.63) is 33.8 Å². The van der Waals surface area contributed by atoms with E-state index in [0.717, 1.165) is 114 Å². The molecule has 3 saturated heterocycles. The Balaban J connectivity index is 1.21. The fourth-order valence-electron chi connectivity index (χ4n) is 6.62. The van der Waals surface area contributed by atoms with Crippen molar-refractivity contribution in [2.24, 2.45) is 4.99 Å². The third-order valence-corrected chi connectivity index (χ3v) is 11.5. The van der Waals surface area contributed by atoms with Gasteiger partial charge >= 0.3 is 0 Å². The number of piperazine rings is 2. The highest BCUT2D eigenvalue weighted by atomic mass is 32.1. The Morgan fingerprint density at radius 3 is 2.63 bits per heavy atom. The molecule has 0 bridgehead atoms. The highest BCUT2D eigenvalue weighted by molar-refractivity contribution is 7.52. The van der Waals surface area contributed by atoms with Gasteiger partial charge in [0.1, 0.15) is 22.6 Å². The first-order valence-corrected chi connectivity index (χ1v) is 17.2. The van der Waals surface area contributed by atoms with E-state index in [0.29, 0.717) is 22.3 Å². The summed E-state index contributed by atoms with van der Waals surface area (Å²) >= 11 is 1.51. The summed E-state index contributed by atoms with van der Waals surface area (Å²) in [6, 6.07) is 6.96. The van der Waals surface area contributed by atoms with E-state index < -0.39 is 8.23 Å². The predicted octanol–water partition coefficient (Wildman–Crippen LogP) is 4.17. The maximum absolute atomic E-state index is 13.7. The molecule has 3 fully saturated rings. The van der Waals surface area contributed by atoms with Gasteiger partial charge in [0.2, 0.25) is 0 Å². The van der Waals surface area contributed by atoms with Crippen LogP contribution in [0.5, 0.6) is 0 Å². The number of rotatable bonds is 5. The van der Waals surface area contributed by atoms with E-state index in [-0.39, 0.29) is 11.8 Å². The summed E-state index contributed by atoms with van der Waals surface area (Å²) in [5.41, 5.74) is 9.36. The molecule has 0 spiro atoms. The SMILES string of the molecule is N#Cc1c(N)sc2c1C(C=NC(=N)c1cc(N3CCNCC3)cc(N3CCN(C4CCP(F)CC4)CC3)n1)CCC2. The van der Waals surface area contributed by atoms with Crippen LogP contribution in [0.1, 0.15) is 53.3 Å². The number of halogens is 1. The molecule has 41 heavy (non-hydrogen) atoms. The van der Waals surface area contributed by atoms with Gasteiger partial charge in [-0.15, -0.1) is 11.3 Å². The first kappa shape index (κ1) is 28.5. The number of nitrogens with zero attached hydrogens (tertiary/aromatic N) is 6. The summed E-state index contributed by atoms with van der Waals surface area (Å²) in [7, 11) is -1.23. The number of anilines is 3. The Morgan fingerprint density at radius 2 is 1.90 bits per heavy atom. The van der Waals surface area contributed by atoms with Gasteiger partial charge in [-0.25, -0.2) is 14.2 Å². The minimum absolute atomic E-state index is 0.0140. The molecular formula is C29H39FN9PS. The van der Waals surface area contributed by atoms with E-state index in [1.165, 1.54) is 16.2 Å². The van der Waals surface area contributed by atoms with Gasteiger partial charge in [-0.2, -0.15) is 5.26 Å². The zero-order chi connectivity index (χ0) is 28.3. The number of aromatic nitrogens is 1. The zero-order valence-corrected chi connectivity index (χ0v) is 25.2. The molecule has 1 atom stereocenters. The highest BCUT2D eigenvalue weighted by Crippen LogP contribution is 2.44. The largest absolute Gasteiger partial charge is 0.389 e. The number of nitrogen functional groups attached to an aromatic ring is 1. The Labute approximate surface area is 247 Å². The van der Waals surface area contributed by atoms with Gasteiger partial charge in [-0.3, -0.25) is 10.3 Å². The van der Waals surface area contributed by atoms with E-state index in [2.05, 4.69) is 37.1 Å². The van der Waals surface area contributed by atoms with Crippen molar-refractivity contribution >= 4 is 48.1 Å². The molecule has 2 aromatic heterocycles. The quantitative estimate of drug-likeness (QED) is 0.270. The number of hydrogen-bond acceptors (Lipinski definition) is 9. The second kappa shape index (κ2) is 12.7. The third kappa shape index (κ3) is 6.26. The number of aliphatic imine (C=N–C) groups is 1. The molecule has 12 heteroatoms. The van der Waals surface area contributed by atoms with Gasteiger partial charge < -0.3 is 20.9 Å². The van der Waals surface area contributed by atoms with E-state index in [1.54, 1.807) is 0 Å². The van der Waals surface area contributed by atoms with Crippen LogP contribution < -0.4 is 20.9 Å². The summed E-state index contributed by atoms with van der Waals surface area (Å²) in [5.74, 6) is 1.02. The smallest absolute Gasteiger partial charge is 0.170 e. The summed E-state index contributed by atoms with van der Waals surface area (Å²) < 4.78 is 13.7. The van der Waals surface area contributed by atoms with Gasteiger partial charge in [-0.1, -0.05) is 0 Å². The highest BCUT2D eigenvalue weighted by Gasteiger charge is 2.30. The molecule has 218 valence electrons. The number of thiophene rings is 1. The fraction of sp³-hybridized carbons (Fsp3) is 0.586. The standard InChI is InChI=1S/C29H39FN9PS/c30-40-14-4-21(5-15-40)38-10-12-39(13-11-38)26-17-22(37-8-6-34-7-9-37)16-24(36-26)28(32)35-19-20-2-1-3-25-27(20)23(18-31)29(33)41-25/h16-17,19-21,32,34H,1-15,33H2. The summed E-state index contributed by atoms with van der Waals surface area (Å²) in [5, 5.41) is 22.6. The molecule has 5 heterocycles. The van der Waals surface area contributed by atoms with Gasteiger partial charge in [0.25, 0.3) is 0 Å². The average Bonchev–Trinajstić information content (AvgIpc) is 3.36. The van der Waals surface area contributed by atoms with Crippen molar-refractivity contribution < 1.29 is 4.20 Å². The van der Waals surface area contributed by atoms with Crippen molar-refractivity contribution in [2.45, 2.75) is 44.1 Å². The van der Waals surface area contributed by atoms with Crippen LogP contribution in [0.2, 0.25) is 0 Å². The van der Waals surface area contributed by atoms with Crippen LogP contribution in [0.3, 0.4) is 0 Å². The van der Waals surface area contributed by atoms with Gasteiger partial charge in [0.15, 0.2) is 5.84 Å². The molecular weight excluding hydrogens is 556 g/mol. The van der Waals surface area contributed by atoms with Crippen LogP contribution in [0.4, 0.5) is 20.7 Å². The predicted molar refractivity (Wildman–Crippen MR) is 168 cm³/mol. The molecule has 2 aromatic rings. The van der Waals surface area contributed by atoms with Crippen molar-refractivity contribution in [3.63, 3.8) is 0 Å². The van der Waals surface area contributed by atoms with E-state index in [9.17, 15) is 9.46 Å². The van der Waals surface area contributed by atoms with Crippen LogP contribution in [-0.4, -0.2) is 92.7 Å². The average molecular weight is 596 g/mol. The molecule has 0 amide bonds. The summed E-state index contributed by atoms with van der Waals surface area (Å²) in [4.78, 5) is 18.0. The molecule has 6 rings (SSSR count). The van der Waals surface area contributed by atoms with Crippen LogP contribution in [0, 0.1) is 16.7 Å². The maximum Gasteiger partial charge on any atom is 0.170 e. The Morgan fingerprint density at radius 1 is 1.15 bits per heavy atom. The number of amidine groups is 1. The normalized spacial score (nSPS) is 25.7. The summed E-state index contributed by atoms with van der Waals surface area (Å²) in [6.07, 6.45) is 8.15. The lowest BCUT2D eigenvalue weighted by Gasteiger charge is -2.41. The number of pyridine rings is 1. The molecule has 0 aromatic carbocycles. The Kier molecular flexibility index (Phi) is 8.82. The maximum atomic E-state index is 13.7. The number of nitrogens with two attached hydrogens (primary N) is 1. The fourth-order valence-corrected chi connectivity index (χ4v) is 9.13. The van der Waals surface area contributed by atoms with E-state index >= 15 is 0 Å². The van der Waals surface area contributed by atoms with Crippen molar-refractivity contribution in [2.75, 3.05) is 80.2 Å². The number of hydrogen-bond donors (Lipinski definition) is 3. The van der Waals surface area contributed by atoms with Crippen molar-refractivity contribution in [3.8, 4) is 6.07 Å². The topological polar surface area (TPSA) is 121 Å². The molecule has 9 nitrogen and oxygen atoms in total. The molecule has 0 radical (unpaired) electrons. The molecule has 4 N–H and O–H groups in total. The molecule has 4 aliphatic rings. The van der Waals surface area contributed by atoms with E-state index in [4.69, 9.17) is 16.1 Å². The van der Waals surface area contributed by atoms with Gasteiger partial charge in [-0.05, 0) is 56.1 Å². The monoisotopic (exact) mass is 595 g/mol. The minimum Gasteiger partial charge on any atom is -0.389 e. The van der Waals surface area contributed by atoms with Crippen LogP contribution in [0.25, 0.3) is 0 Å². The second-order valence-electron chi connectivity index (χ2n) is 11.4. The molecule has 0 saturated carbocycles. The minimum atomic E-state index is -1.23. The number of aryl methyl sites for hydroxylation is 1. The van der Waals surface area contributed by atoms with Crippen molar-refractivity contribution in [1.82, 2.24) is 15.2 Å². The lowest BCUT2D eigenvalue weighted by molar-refractivity contribution is 0.173. The Hall–Kier alpha value is -2.64. The van der Waals surface area contributed by atoms with Crippen LogP contribution >= 0.6 is 19.6 Å². The summed E-state index contributed by atoms with van der Waals surface area (Å²) in [6.45, 7) is 7.33. The number of nitrogens with one attached hydrogen (secondary N) is 2. The van der Waals surface area contributed by atoms with Gasteiger partial charge in [0, 0.05) is 87.2 Å². The first-order valence-electron chi connectivity index (χ1n) is 14.8. The molecule has 3 aliphatic heterocycles.